The molecule has 1 aromatic rings. The Balaban J connectivity index is 2.51. The van der Waals surface area contributed by atoms with E-state index < -0.39 is 6.10 Å². The number of aliphatic hydroxyl groups excluding tert-OH is 1. The van der Waals surface area contributed by atoms with Crippen molar-refractivity contribution < 1.29 is 14.6 Å². The van der Waals surface area contributed by atoms with Gasteiger partial charge in [-0.3, -0.25) is 4.79 Å². The van der Waals surface area contributed by atoms with Crippen LogP contribution in [0.2, 0.25) is 0 Å². The number of alkyl halides is 1. The van der Waals surface area contributed by atoms with Gasteiger partial charge in [-0.25, -0.2) is 0 Å². The Kier molecular flexibility index (Phi) is 5.97. The molecule has 0 aliphatic carbocycles. The quantitative estimate of drug-likeness (QED) is 0.752. The number of carbonyl (C=O) groups excluding carboxylic acids is 1. The van der Waals surface area contributed by atoms with Gasteiger partial charge >= 0.3 is 0 Å². The summed E-state index contributed by atoms with van der Waals surface area (Å²) in [6, 6.07) is 7.06. The van der Waals surface area contributed by atoms with E-state index in [0.717, 1.165) is 5.56 Å². The van der Waals surface area contributed by atoms with Crippen molar-refractivity contribution in [3.63, 3.8) is 0 Å². The predicted octanol–water partition coefficient (Wildman–Crippen LogP) is 1.16. The zero-order chi connectivity index (χ0) is 12.7. The minimum absolute atomic E-state index is 0.164. The molecule has 17 heavy (non-hydrogen) atoms. The van der Waals surface area contributed by atoms with Crippen LogP contribution < -0.4 is 5.32 Å². The van der Waals surface area contributed by atoms with E-state index in [0.29, 0.717) is 11.4 Å². The van der Waals surface area contributed by atoms with Gasteiger partial charge in [0.2, 0.25) is 0 Å². The molecule has 0 bridgehead atoms. The number of ether oxygens (including phenoxy) is 1. The maximum absolute atomic E-state index is 11.7. The summed E-state index contributed by atoms with van der Waals surface area (Å²) in [6.07, 6.45) is -0.694. The first-order valence-electron chi connectivity index (χ1n) is 5.27. The number of rotatable bonds is 6. The number of hydrogen-bond acceptors (Lipinski definition) is 3. The summed E-state index contributed by atoms with van der Waals surface area (Å²) in [4.78, 5) is 11.7. The number of carbonyl (C=O) groups is 1. The van der Waals surface area contributed by atoms with Crippen LogP contribution in [0.4, 0.5) is 0 Å². The Morgan fingerprint density at radius 1 is 1.59 bits per heavy atom. The molecule has 1 atom stereocenters. The van der Waals surface area contributed by atoms with E-state index in [1.54, 1.807) is 18.2 Å². The smallest absolute Gasteiger partial charge is 0.251 e. The van der Waals surface area contributed by atoms with Gasteiger partial charge in [0, 0.05) is 25.1 Å². The van der Waals surface area contributed by atoms with Crippen molar-refractivity contribution in [3.8, 4) is 0 Å². The van der Waals surface area contributed by atoms with Crippen LogP contribution in [0, 0.1) is 0 Å². The molecule has 1 amide bonds. The molecular weight excluding hydrogens is 242 g/mol. The zero-order valence-corrected chi connectivity index (χ0v) is 10.4. The Morgan fingerprint density at radius 2 is 2.35 bits per heavy atom. The van der Waals surface area contributed by atoms with E-state index >= 15 is 0 Å². The lowest BCUT2D eigenvalue weighted by molar-refractivity contribution is 0.0610. The van der Waals surface area contributed by atoms with E-state index in [2.05, 4.69) is 5.32 Å². The Labute approximate surface area is 106 Å². The standard InChI is InChI=1S/C12H16ClNO3/c1-17-8-11(15)7-14-12(16)10-4-2-3-9(5-10)6-13/h2-5,11,15H,6-8H2,1H3,(H,14,16). The van der Waals surface area contributed by atoms with Gasteiger partial charge in [0.25, 0.3) is 5.91 Å². The molecule has 0 aromatic heterocycles. The SMILES string of the molecule is COCC(O)CNC(=O)c1cccc(CCl)c1. The highest BCUT2D eigenvalue weighted by atomic mass is 35.5. The van der Waals surface area contributed by atoms with Gasteiger partial charge in [0.05, 0.1) is 12.7 Å². The van der Waals surface area contributed by atoms with Gasteiger partial charge in [-0.2, -0.15) is 0 Å². The number of methoxy groups -OCH3 is 1. The average molecular weight is 258 g/mol. The van der Waals surface area contributed by atoms with Crippen LogP contribution in [-0.2, 0) is 10.6 Å². The number of amides is 1. The zero-order valence-electron chi connectivity index (χ0n) is 9.65. The normalized spacial score (nSPS) is 12.2. The van der Waals surface area contributed by atoms with Crippen LogP contribution in [0.3, 0.4) is 0 Å². The Hall–Kier alpha value is -1.10. The Morgan fingerprint density at radius 3 is 3.00 bits per heavy atom. The third-order valence-electron chi connectivity index (χ3n) is 2.20. The van der Waals surface area contributed by atoms with Crippen LogP contribution in [0.1, 0.15) is 15.9 Å². The van der Waals surface area contributed by atoms with Crippen LogP contribution in [-0.4, -0.2) is 37.4 Å². The van der Waals surface area contributed by atoms with E-state index in [9.17, 15) is 9.90 Å². The van der Waals surface area contributed by atoms with E-state index in [1.165, 1.54) is 7.11 Å². The largest absolute Gasteiger partial charge is 0.389 e. The minimum atomic E-state index is -0.694. The lowest BCUT2D eigenvalue weighted by Gasteiger charge is -2.11. The first kappa shape index (κ1) is 14.0. The van der Waals surface area contributed by atoms with E-state index in [4.69, 9.17) is 16.3 Å². The molecule has 0 aliphatic heterocycles. The second kappa shape index (κ2) is 7.27. The molecule has 0 radical (unpaired) electrons. The molecule has 1 unspecified atom stereocenters. The van der Waals surface area contributed by atoms with Gasteiger partial charge in [0.1, 0.15) is 0 Å². The third kappa shape index (κ3) is 4.73. The lowest BCUT2D eigenvalue weighted by Crippen LogP contribution is -2.34. The van der Waals surface area contributed by atoms with Crippen molar-refractivity contribution in [2.24, 2.45) is 0 Å². The van der Waals surface area contributed by atoms with Gasteiger partial charge in [-0.05, 0) is 17.7 Å². The summed E-state index contributed by atoms with van der Waals surface area (Å²) in [7, 11) is 1.50. The maximum atomic E-state index is 11.7. The average Bonchev–Trinajstić information content (AvgIpc) is 2.36. The van der Waals surface area contributed by atoms with Gasteiger partial charge < -0.3 is 15.2 Å². The van der Waals surface area contributed by atoms with Crippen molar-refractivity contribution in [3.05, 3.63) is 35.4 Å². The molecule has 2 N–H and O–H groups in total. The molecule has 0 aliphatic rings. The van der Waals surface area contributed by atoms with Crippen LogP contribution >= 0.6 is 11.6 Å². The fourth-order valence-electron chi connectivity index (χ4n) is 1.36. The van der Waals surface area contributed by atoms with Crippen molar-refractivity contribution in [2.75, 3.05) is 20.3 Å². The second-order valence-corrected chi connectivity index (χ2v) is 3.92. The topological polar surface area (TPSA) is 58.6 Å². The predicted molar refractivity (Wildman–Crippen MR) is 66.2 cm³/mol. The van der Waals surface area contributed by atoms with Gasteiger partial charge in [-0.1, -0.05) is 12.1 Å². The highest BCUT2D eigenvalue weighted by Gasteiger charge is 2.08. The van der Waals surface area contributed by atoms with Crippen molar-refractivity contribution in [1.29, 1.82) is 0 Å². The molecule has 1 aromatic carbocycles. The Bertz CT molecular complexity index is 371. The van der Waals surface area contributed by atoms with Crippen molar-refractivity contribution >= 4 is 17.5 Å². The molecule has 0 heterocycles. The van der Waals surface area contributed by atoms with Crippen LogP contribution in [0.5, 0.6) is 0 Å². The molecule has 0 saturated carbocycles. The van der Waals surface area contributed by atoms with Crippen LogP contribution in [0.25, 0.3) is 0 Å². The fraction of sp³-hybridized carbons (Fsp3) is 0.417. The van der Waals surface area contributed by atoms with E-state index in [1.807, 2.05) is 6.07 Å². The highest BCUT2D eigenvalue weighted by molar-refractivity contribution is 6.17. The monoisotopic (exact) mass is 257 g/mol. The molecule has 94 valence electrons. The summed E-state index contributed by atoms with van der Waals surface area (Å²) in [5.41, 5.74) is 1.42. The van der Waals surface area contributed by atoms with Crippen molar-refractivity contribution in [1.82, 2.24) is 5.32 Å². The molecular formula is C12H16ClNO3. The van der Waals surface area contributed by atoms with Crippen LogP contribution in [0.15, 0.2) is 24.3 Å². The molecule has 0 saturated heterocycles. The number of benzene rings is 1. The maximum Gasteiger partial charge on any atom is 0.251 e. The molecule has 0 fully saturated rings. The number of hydrogen-bond donors (Lipinski definition) is 2. The van der Waals surface area contributed by atoms with Crippen molar-refractivity contribution in [2.45, 2.75) is 12.0 Å². The molecule has 1 rings (SSSR count). The van der Waals surface area contributed by atoms with Gasteiger partial charge in [-0.15, -0.1) is 11.6 Å². The first-order valence-corrected chi connectivity index (χ1v) is 5.81. The fourth-order valence-corrected chi connectivity index (χ4v) is 1.53. The summed E-state index contributed by atoms with van der Waals surface area (Å²) in [5, 5.41) is 12.0. The number of aliphatic hydroxyl groups is 1. The molecule has 5 heteroatoms. The summed E-state index contributed by atoms with van der Waals surface area (Å²) < 4.78 is 4.76. The number of nitrogens with one attached hydrogen (secondary N) is 1. The summed E-state index contributed by atoms with van der Waals surface area (Å²) in [5.74, 6) is 0.139. The first-order chi connectivity index (χ1) is 8.17. The lowest BCUT2D eigenvalue weighted by atomic mass is 10.1. The third-order valence-corrected chi connectivity index (χ3v) is 2.51. The summed E-state index contributed by atoms with van der Waals surface area (Å²) in [6.45, 7) is 0.361. The summed E-state index contributed by atoms with van der Waals surface area (Å²) >= 11 is 5.68. The minimum Gasteiger partial charge on any atom is -0.389 e. The molecule has 4 nitrogen and oxygen atoms in total. The molecule has 0 spiro atoms. The van der Waals surface area contributed by atoms with Gasteiger partial charge in [0.15, 0.2) is 0 Å². The highest BCUT2D eigenvalue weighted by Crippen LogP contribution is 2.07. The van der Waals surface area contributed by atoms with E-state index in [-0.39, 0.29) is 19.1 Å². The number of halogens is 1. The second-order valence-electron chi connectivity index (χ2n) is 3.65.